The Morgan fingerprint density at radius 3 is 2.67 bits per heavy atom. The van der Waals surface area contributed by atoms with Gasteiger partial charge in [-0.25, -0.2) is 4.79 Å². The average molecular weight is 328 g/mol. The molecule has 1 heterocycles. The summed E-state index contributed by atoms with van der Waals surface area (Å²) in [6.07, 6.45) is 0.180. The van der Waals surface area contributed by atoms with E-state index in [0.717, 1.165) is 18.9 Å². The molecule has 0 saturated carbocycles. The smallest absolute Gasteiger partial charge is 0.336 e. The van der Waals surface area contributed by atoms with Gasteiger partial charge in [-0.1, -0.05) is 50.3 Å². The van der Waals surface area contributed by atoms with Crippen molar-refractivity contribution in [3.63, 3.8) is 0 Å². The van der Waals surface area contributed by atoms with Crippen LogP contribution in [0.15, 0.2) is 63.8 Å². The van der Waals surface area contributed by atoms with Crippen LogP contribution in [-0.4, -0.2) is 17.7 Å². The third-order valence-corrected chi connectivity index (χ3v) is 3.44. The minimum absolute atomic E-state index is 0.0428. The molecule has 0 bridgehead atoms. The molecule has 1 N–H and O–H groups in total. The maximum Gasteiger partial charge on any atom is 0.336 e. The quantitative estimate of drug-likeness (QED) is 0.480. The molecule has 0 aliphatic carbocycles. The molecule has 1 aromatic heterocycles. The molecule has 1 atom stereocenters. The van der Waals surface area contributed by atoms with E-state index >= 15 is 0 Å². The number of aliphatic hydroxyl groups excluding tert-OH is 1. The molecule has 24 heavy (non-hydrogen) atoms. The van der Waals surface area contributed by atoms with E-state index < -0.39 is 12.1 Å². The van der Waals surface area contributed by atoms with Gasteiger partial charge in [0.25, 0.3) is 0 Å². The predicted molar refractivity (Wildman–Crippen MR) is 90.4 cm³/mol. The van der Waals surface area contributed by atoms with E-state index in [1.807, 2.05) is 25.1 Å². The monoisotopic (exact) mass is 328 g/mol. The lowest BCUT2D eigenvalue weighted by Crippen LogP contribution is -2.15. The van der Waals surface area contributed by atoms with Gasteiger partial charge in [-0.05, 0) is 6.42 Å². The van der Waals surface area contributed by atoms with Crippen molar-refractivity contribution in [1.29, 1.82) is 0 Å². The highest BCUT2D eigenvalue weighted by Crippen LogP contribution is 2.25. The van der Waals surface area contributed by atoms with Gasteiger partial charge in [0.2, 0.25) is 0 Å². The first-order valence-electron chi connectivity index (χ1n) is 7.77. The number of rotatable bonds is 7. The highest BCUT2D eigenvalue weighted by molar-refractivity contribution is 5.88. The summed E-state index contributed by atoms with van der Waals surface area (Å²) in [6.45, 7) is 5.79. The second kappa shape index (κ2) is 8.26. The number of benzene rings is 1. The Kier molecular flexibility index (Phi) is 6.09. The highest BCUT2D eigenvalue weighted by atomic mass is 16.5. The summed E-state index contributed by atoms with van der Waals surface area (Å²) in [6, 6.07) is 11.5. The zero-order valence-corrected chi connectivity index (χ0v) is 13.5. The van der Waals surface area contributed by atoms with E-state index in [1.165, 1.54) is 6.07 Å². The molecule has 5 heteroatoms. The number of hydrogen-bond acceptors (Lipinski definition) is 5. The molecule has 0 aliphatic heterocycles. The first-order chi connectivity index (χ1) is 11.5. The van der Waals surface area contributed by atoms with Crippen LogP contribution in [0, 0.1) is 0 Å². The lowest BCUT2D eigenvalue weighted by atomic mass is 10.1. The average Bonchev–Trinajstić information content (AvgIpc) is 2.60. The molecular formula is C19H20O5. The number of unbranched alkanes of at least 4 members (excludes halogenated alkanes) is 1. The first-order valence-corrected chi connectivity index (χ1v) is 7.77. The van der Waals surface area contributed by atoms with E-state index in [0.29, 0.717) is 11.3 Å². The number of hydrogen-bond donors (Lipinski definition) is 1. The molecule has 0 saturated heterocycles. The third-order valence-electron chi connectivity index (χ3n) is 3.44. The number of carbonyl (C=O) groups excluding carboxylic acids is 1. The topological polar surface area (TPSA) is 76.7 Å². The normalized spacial score (nSPS) is 11.8. The van der Waals surface area contributed by atoms with Crippen molar-refractivity contribution in [2.45, 2.75) is 25.9 Å². The third kappa shape index (κ3) is 4.43. The van der Waals surface area contributed by atoms with Crippen LogP contribution in [0.2, 0.25) is 0 Å². The number of esters is 1. The van der Waals surface area contributed by atoms with Gasteiger partial charge in [-0.2, -0.15) is 0 Å². The fourth-order valence-electron chi connectivity index (χ4n) is 2.06. The van der Waals surface area contributed by atoms with Crippen LogP contribution in [0.1, 0.15) is 31.6 Å². The van der Waals surface area contributed by atoms with Gasteiger partial charge in [0.05, 0.1) is 12.2 Å². The SMILES string of the molecule is C=C(C(=O)OCCCC)C(O)c1cc(=O)cc(-c2ccccc2)o1. The van der Waals surface area contributed by atoms with E-state index in [1.54, 1.807) is 12.1 Å². The minimum Gasteiger partial charge on any atom is -0.462 e. The van der Waals surface area contributed by atoms with Crippen molar-refractivity contribution in [3.05, 3.63) is 70.6 Å². The lowest BCUT2D eigenvalue weighted by Gasteiger charge is -2.13. The van der Waals surface area contributed by atoms with E-state index in [4.69, 9.17) is 9.15 Å². The summed E-state index contributed by atoms with van der Waals surface area (Å²) >= 11 is 0. The van der Waals surface area contributed by atoms with Gasteiger partial charge in [0.15, 0.2) is 5.43 Å². The molecule has 2 rings (SSSR count). The highest BCUT2D eigenvalue weighted by Gasteiger charge is 2.23. The summed E-state index contributed by atoms with van der Waals surface area (Å²) in [4.78, 5) is 23.7. The zero-order chi connectivity index (χ0) is 17.5. The largest absolute Gasteiger partial charge is 0.462 e. The van der Waals surface area contributed by atoms with Crippen LogP contribution in [0.4, 0.5) is 0 Å². The maximum atomic E-state index is 11.9. The Labute approximate surface area is 140 Å². The predicted octanol–water partition coefficient (Wildman–Crippen LogP) is 3.24. The standard InChI is InChI=1S/C19H20O5/c1-3-4-10-23-19(22)13(2)18(21)17-12-15(20)11-16(24-17)14-8-6-5-7-9-14/h5-9,11-12,18,21H,2-4,10H2,1H3. The van der Waals surface area contributed by atoms with Crippen molar-refractivity contribution >= 4 is 5.97 Å². The van der Waals surface area contributed by atoms with E-state index in [2.05, 4.69) is 6.58 Å². The van der Waals surface area contributed by atoms with Crippen molar-refractivity contribution in [1.82, 2.24) is 0 Å². The molecule has 0 amide bonds. The summed E-state index contributed by atoms with van der Waals surface area (Å²) in [7, 11) is 0. The number of aliphatic hydroxyl groups is 1. The van der Waals surface area contributed by atoms with Crippen molar-refractivity contribution < 1.29 is 19.1 Å². The van der Waals surface area contributed by atoms with Crippen LogP contribution >= 0.6 is 0 Å². The molecule has 0 radical (unpaired) electrons. The van der Waals surface area contributed by atoms with E-state index in [-0.39, 0.29) is 23.4 Å². The Balaban J connectivity index is 2.22. The maximum absolute atomic E-state index is 11.9. The molecule has 126 valence electrons. The summed E-state index contributed by atoms with van der Waals surface area (Å²) < 4.78 is 10.6. The fraction of sp³-hybridized carbons (Fsp3) is 0.263. The Bertz CT molecular complexity index is 761. The molecule has 2 aromatic rings. The Hall–Kier alpha value is -2.66. The van der Waals surface area contributed by atoms with Crippen LogP contribution in [0.5, 0.6) is 0 Å². The van der Waals surface area contributed by atoms with Crippen LogP contribution in [0.25, 0.3) is 11.3 Å². The van der Waals surface area contributed by atoms with E-state index in [9.17, 15) is 14.7 Å². The first kappa shape index (κ1) is 17.7. The molecule has 0 aliphatic rings. The minimum atomic E-state index is -1.43. The van der Waals surface area contributed by atoms with Gasteiger partial charge in [-0.15, -0.1) is 0 Å². The second-order valence-corrected chi connectivity index (χ2v) is 5.34. The zero-order valence-electron chi connectivity index (χ0n) is 13.5. The van der Waals surface area contributed by atoms with Crippen molar-refractivity contribution in [3.8, 4) is 11.3 Å². The summed E-state index contributed by atoms with van der Waals surface area (Å²) in [5, 5.41) is 10.3. The molecule has 1 aromatic carbocycles. The fourth-order valence-corrected chi connectivity index (χ4v) is 2.06. The number of carbonyl (C=O) groups is 1. The molecule has 1 unspecified atom stereocenters. The Morgan fingerprint density at radius 1 is 1.29 bits per heavy atom. The number of ether oxygens (including phenoxy) is 1. The van der Waals surface area contributed by atoms with Gasteiger partial charge in [-0.3, -0.25) is 4.79 Å². The van der Waals surface area contributed by atoms with Gasteiger partial charge < -0.3 is 14.3 Å². The lowest BCUT2D eigenvalue weighted by molar-refractivity contribution is -0.140. The molecular weight excluding hydrogens is 308 g/mol. The second-order valence-electron chi connectivity index (χ2n) is 5.34. The van der Waals surface area contributed by atoms with Crippen LogP contribution in [0.3, 0.4) is 0 Å². The van der Waals surface area contributed by atoms with Crippen LogP contribution < -0.4 is 5.43 Å². The van der Waals surface area contributed by atoms with Crippen molar-refractivity contribution in [2.75, 3.05) is 6.61 Å². The molecule has 0 fully saturated rings. The van der Waals surface area contributed by atoms with Crippen molar-refractivity contribution in [2.24, 2.45) is 0 Å². The summed E-state index contributed by atoms with van der Waals surface area (Å²) in [5.41, 5.74) is 0.195. The molecule has 0 spiro atoms. The van der Waals surface area contributed by atoms with Gasteiger partial charge in [0.1, 0.15) is 17.6 Å². The molecule has 5 nitrogen and oxygen atoms in total. The van der Waals surface area contributed by atoms with Crippen LogP contribution in [-0.2, 0) is 9.53 Å². The van der Waals surface area contributed by atoms with Gasteiger partial charge in [0, 0.05) is 17.7 Å². The van der Waals surface area contributed by atoms with Gasteiger partial charge >= 0.3 is 5.97 Å². The summed E-state index contributed by atoms with van der Waals surface area (Å²) in [5.74, 6) is -0.438. The Morgan fingerprint density at radius 2 is 2.00 bits per heavy atom.